The van der Waals surface area contributed by atoms with E-state index in [-0.39, 0.29) is 0 Å². The minimum absolute atomic E-state index is 0.529. The number of unbranched alkanes of at least 4 members (excludes halogenated alkanes) is 12. The second-order valence-corrected chi connectivity index (χ2v) is 10.6. The Bertz CT molecular complexity index is 474. The van der Waals surface area contributed by atoms with Gasteiger partial charge in [0.05, 0.1) is 0 Å². The quantitative estimate of drug-likeness (QED) is 0.0659. The summed E-state index contributed by atoms with van der Waals surface area (Å²) in [5.74, 6) is -0.172. The van der Waals surface area contributed by atoms with Crippen LogP contribution in [0, 0.1) is 5.92 Å². The van der Waals surface area contributed by atoms with Gasteiger partial charge in [0.15, 0.2) is 11.6 Å². The van der Waals surface area contributed by atoms with Crippen LogP contribution in [0.3, 0.4) is 0 Å². The third-order valence-electron chi connectivity index (χ3n) is 7.67. The van der Waals surface area contributed by atoms with Crippen molar-refractivity contribution in [3.8, 4) is 0 Å². The van der Waals surface area contributed by atoms with Crippen LogP contribution >= 0.6 is 0 Å². The van der Waals surface area contributed by atoms with Crippen LogP contribution in [-0.2, 0) is 18.9 Å². The Morgan fingerprint density at radius 1 is 0.472 bits per heavy atom. The lowest BCUT2D eigenvalue weighted by molar-refractivity contribution is -0.175. The molecule has 0 unspecified atom stereocenters. The van der Waals surface area contributed by atoms with E-state index in [0.29, 0.717) is 0 Å². The lowest BCUT2D eigenvalue weighted by Gasteiger charge is -2.27. The Hall–Kier alpha value is -0.680. The minimum Gasteiger partial charge on any atom is -0.350 e. The number of allylic oxidation sites excluding steroid dienone is 2. The molecule has 0 heterocycles. The van der Waals surface area contributed by atoms with Crippen molar-refractivity contribution in [1.29, 1.82) is 0 Å². The highest BCUT2D eigenvalue weighted by Crippen LogP contribution is 2.24. The van der Waals surface area contributed by atoms with E-state index in [1.165, 1.54) is 89.9 Å². The molecule has 0 spiro atoms. The van der Waals surface area contributed by atoms with E-state index < -0.39 is 11.6 Å². The molecular formula is C32H62O4. The Kier molecular flexibility index (Phi) is 23.0. The summed E-state index contributed by atoms with van der Waals surface area (Å²) in [5.41, 5.74) is 0. The molecule has 4 nitrogen and oxygen atoms in total. The Morgan fingerprint density at radius 3 is 1.03 bits per heavy atom. The minimum atomic E-state index is -0.529. The van der Waals surface area contributed by atoms with Gasteiger partial charge in [-0.1, -0.05) is 109 Å². The fourth-order valence-electron chi connectivity index (χ4n) is 5.16. The number of methoxy groups -OCH3 is 4. The standard InChI is InChI=1S/C32H62O4/c1-8-26-31(33-4,34-5)28-22-18-14-10-12-16-20-24-30(3)25-21-17-13-11-15-19-23-29-32(35-6,36-7)27-9-2/h8-9,26-27,30H,10-25,28-29H2,1-7H3. The normalized spacial score (nSPS) is 13.9. The maximum absolute atomic E-state index is 5.58. The van der Waals surface area contributed by atoms with Crippen LogP contribution in [0.1, 0.15) is 136 Å². The molecule has 0 aliphatic rings. The molecule has 0 amide bonds. The average Bonchev–Trinajstić information content (AvgIpc) is 2.89. The molecule has 0 saturated heterocycles. The van der Waals surface area contributed by atoms with Crippen molar-refractivity contribution < 1.29 is 18.9 Å². The van der Waals surface area contributed by atoms with E-state index in [1.807, 2.05) is 38.2 Å². The summed E-state index contributed by atoms with van der Waals surface area (Å²) in [5, 5.41) is 0. The van der Waals surface area contributed by atoms with Gasteiger partial charge in [-0.05, 0) is 44.8 Å². The van der Waals surface area contributed by atoms with Crippen molar-refractivity contribution in [2.75, 3.05) is 28.4 Å². The largest absolute Gasteiger partial charge is 0.350 e. The van der Waals surface area contributed by atoms with Crippen LogP contribution < -0.4 is 0 Å². The Labute approximate surface area is 225 Å². The van der Waals surface area contributed by atoms with Gasteiger partial charge in [0.1, 0.15) is 0 Å². The van der Waals surface area contributed by atoms with Crippen molar-refractivity contribution in [1.82, 2.24) is 0 Å². The van der Waals surface area contributed by atoms with Crippen molar-refractivity contribution >= 4 is 0 Å². The van der Waals surface area contributed by atoms with E-state index in [1.54, 1.807) is 28.4 Å². The van der Waals surface area contributed by atoms with Crippen molar-refractivity contribution in [2.24, 2.45) is 5.92 Å². The zero-order chi connectivity index (χ0) is 27.0. The predicted octanol–water partition coefficient (Wildman–Crippen LogP) is 9.77. The fourth-order valence-corrected chi connectivity index (χ4v) is 5.16. The molecule has 0 rings (SSSR count). The molecule has 214 valence electrons. The molecule has 0 aromatic rings. The van der Waals surface area contributed by atoms with E-state index in [4.69, 9.17) is 18.9 Å². The van der Waals surface area contributed by atoms with Crippen LogP contribution in [0.15, 0.2) is 24.3 Å². The summed E-state index contributed by atoms with van der Waals surface area (Å²) in [6.45, 7) is 6.48. The first kappa shape index (κ1) is 35.3. The molecule has 0 aromatic carbocycles. The van der Waals surface area contributed by atoms with Crippen LogP contribution in [0.25, 0.3) is 0 Å². The maximum atomic E-state index is 5.58. The third kappa shape index (κ3) is 16.9. The van der Waals surface area contributed by atoms with Gasteiger partial charge in [-0.15, -0.1) is 0 Å². The van der Waals surface area contributed by atoms with Crippen molar-refractivity contribution in [3.05, 3.63) is 24.3 Å². The molecule has 4 heteroatoms. The zero-order valence-electron chi connectivity index (χ0n) is 25.2. The summed E-state index contributed by atoms with van der Waals surface area (Å²) >= 11 is 0. The maximum Gasteiger partial charge on any atom is 0.187 e. The molecular weight excluding hydrogens is 448 g/mol. The predicted molar refractivity (Wildman–Crippen MR) is 155 cm³/mol. The first-order chi connectivity index (χ1) is 17.5. The van der Waals surface area contributed by atoms with E-state index in [0.717, 1.165) is 31.6 Å². The second kappa shape index (κ2) is 23.4. The van der Waals surface area contributed by atoms with Crippen molar-refractivity contribution in [3.63, 3.8) is 0 Å². The Morgan fingerprint density at radius 2 is 0.750 bits per heavy atom. The van der Waals surface area contributed by atoms with Gasteiger partial charge < -0.3 is 18.9 Å². The van der Waals surface area contributed by atoms with Crippen LogP contribution in [0.4, 0.5) is 0 Å². The zero-order valence-corrected chi connectivity index (χ0v) is 25.2. The monoisotopic (exact) mass is 510 g/mol. The van der Waals surface area contributed by atoms with Gasteiger partial charge >= 0.3 is 0 Å². The van der Waals surface area contributed by atoms with Gasteiger partial charge in [-0.2, -0.15) is 0 Å². The molecule has 0 atom stereocenters. The fraction of sp³-hybridized carbons (Fsp3) is 0.875. The van der Waals surface area contributed by atoms with Crippen LogP contribution in [0.2, 0.25) is 0 Å². The SMILES string of the molecule is CC=CC(CCCCCCCCCC(C)CCCCCCCCCC(C=CC)(OC)OC)(OC)OC. The van der Waals surface area contributed by atoms with Gasteiger partial charge in [-0.25, -0.2) is 0 Å². The van der Waals surface area contributed by atoms with Gasteiger partial charge in [0.25, 0.3) is 0 Å². The number of hydrogen-bond acceptors (Lipinski definition) is 4. The van der Waals surface area contributed by atoms with Crippen LogP contribution in [-0.4, -0.2) is 40.0 Å². The molecule has 0 radical (unpaired) electrons. The molecule has 0 bridgehead atoms. The van der Waals surface area contributed by atoms with Gasteiger partial charge in [0.2, 0.25) is 0 Å². The number of hydrogen-bond donors (Lipinski definition) is 0. The average molecular weight is 511 g/mol. The van der Waals surface area contributed by atoms with Crippen molar-refractivity contribution in [2.45, 2.75) is 148 Å². The van der Waals surface area contributed by atoms with E-state index in [2.05, 4.69) is 6.92 Å². The molecule has 0 fully saturated rings. The van der Waals surface area contributed by atoms with Crippen LogP contribution in [0.5, 0.6) is 0 Å². The van der Waals surface area contributed by atoms with E-state index in [9.17, 15) is 0 Å². The summed E-state index contributed by atoms with van der Waals surface area (Å²) in [4.78, 5) is 0. The first-order valence-corrected chi connectivity index (χ1v) is 14.9. The lowest BCUT2D eigenvalue weighted by atomic mass is 9.95. The number of rotatable bonds is 26. The molecule has 0 N–H and O–H groups in total. The molecule has 0 aromatic heterocycles. The Balaban J connectivity index is 3.57. The summed E-state index contributed by atoms with van der Waals surface area (Å²) < 4.78 is 22.3. The second-order valence-electron chi connectivity index (χ2n) is 10.6. The highest BCUT2D eigenvalue weighted by Gasteiger charge is 2.25. The summed E-state index contributed by atoms with van der Waals surface area (Å²) in [7, 11) is 6.93. The smallest absolute Gasteiger partial charge is 0.187 e. The third-order valence-corrected chi connectivity index (χ3v) is 7.67. The summed E-state index contributed by atoms with van der Waals surface area (Å²) in [6.07, 6.45) is 31.3. The highest BCUT2D eigenvalue weighted by atomic mass is 16.7. The lowest BCUT2D eigenvalue weighted by Crippen LogP contribution is -2.31. The topological polar surface area (TPSA) is 36.9 Å². The van der Waals surface area contributed by atoms with E-state index >= 15 is 0 Å². The molecule has 36 heavy (non-hydrogen) atoms. The number of ether oxygens (including phenoxy) is 4. The summed E-state index contributed by atoms with van der Waals surface area (Å²) in [6, 6.07) is 0. The highest BCUT2D eigenvalue weighted by molar-refractivity contribution is 4.94. The molecule has 0 aliphatic heterocycles. The molecule has 0 aliphatic carbocycles. The van der Waals surface area contributed by atoms with Gasteiger partial charge in [0, 0.05) is 41.3 Å². The first-order valence-electron chi connectivity index (χ1n) is 14.9. The van der Waals surface area contributed by atoms with Gasteiger partial charge in [-0.3, -0.25) is 0 Å². The molecule has 0 saturated carbocycles.